The number of esters is 1. The zero-order valence-electron chi connectivity index (χ0n) is 22.1. The monoisotopic (exact) mass is 573 g/mol. The number of carbonyl (C=O) groups excluding carboxylic acids is 3. The Balaban J connectivity index is 1.29. The first-order valence-electron chi connectivity index (χ1n) is 12.5. The molecule has 216 valence electrons. The third-order valence-corrected chi connectivity index (χ3v) is 6.07. The van der Waals surface area contributed by atoms with E-state index in [1.54, 1.807) is 48.5 Å². The van der Waals surface area contributed by atoms with Gasteiger partial charge in [0, 0.05) is 11.4 Å². The summed E-state index contributed by atoms with van der Waals surface area (Å²) in [5.41, 5.74) is 6.44. The minimum absolute atomic E-state index is 0.0763. The number of amides is 2. The standard InChI is InChI=1S/C30H27N3O9/c1-16(41-30(40)22-5-3-7-24(35)27(22)37)25(31)29(39)33-18-10-14-20(15-11-18)42-19-12-8-17(9-13-19)32-28(38)21-4-2-6-23(34)26(21)36/h2-16,25,34-37H,31H2,1H3,(H,32,38)(H,33,39). The lowest BCUT2D eigenvalue weighted by Crippen LogP contribution is -2.45. The highest BCUT2D eigenvalue weighted by molar-refractivity contribution is 6.06. The molecule has 8 N–H and O–H groups in total. The molecule has 0 saturated heterocycles. The number of hydrogen-bond donors (Lipinski definition) is 7. The van der Waals surface area contributed by atoms with E-state index in [4.69, 9.17) is 15.2 Å². The molecule has 0 fully saturated rings. The molecule has 4 aromatic carbocycles. The smallest absolute Gasteiger partial charge is 0.342 e. The molecule has 12 heteroatoms. The Hall–Kier alpha value is -5.75. The van der Waals surface area contributed by atoms with Gasteiger partial charge in [0.25, 0.3) is 5.91 Å². The Labute approximate surface area is 239 Å². The van der Waals surface area contributed by atoms with Crippen LogP contribution in [0, 0.1) is 0 Å². The normalized spacial score (nSPS) is 12.0. The molecule has 4 aromatic rings. The second kappa shape index (κ2) is 12.6. The summed E-state index contributed by atoms with van der Waals surface area (Å²) in [7, 11) is 0. The van der Waals surface area contributed by atoms with E-state index in [9.17, 15) is 34.8 Å². The summed E-state index contributed by atoms with van der Waals surface area (Å²) in [5, 5.41) is 44.1. The molecule has 0 radical (unpaired) electrons. The van der Waals surface area contributed by atoms with Crippen molar-refractivity contribution in [2.45, 2.75) is 19.1 Å². The summed E-state index contributed by atoms with van der Waals surface area (Å²) in [6.07, 6.45) is -1.06. The van der Waals surface area contributed by atoms with E-state index < -0.39 is 52.9 Å². The number of anilines is 2. The van der Waals surface area contributed by atoms with E-state index in [1.807, 2.05) is 0 Å². The number of phenolic OH excluding ortho intramolecular Hbond substituents is 4. The highest BCUT2D eigenvalue weighted by Gasteiger charge is 2.26. The van der Waals surface area contributed by atoms with Gasteiger partial charge in [0.1, 0.15) is 29.2 Å². The number of nitrogens with two attached hydrogens (primary N) is 1. The molecule has 2 amide bonds. The molecule has 12 nitrogen and oxygen atoms in total. The van der Waals surface area contributed by atoms with Crippen molar-refractivity contribution in [1.82, 2.24) is 0 Å². The number of hydrogen-bond acceptors (Lipinski definition) is 10. The lowest BCUT2D eigenvalue weighted by Gasteiger charge is -2.20. The van der Waals surface area contributed by atoms with Gasteiger partial charge in [-0.25, -0.2) is 4.79 Å². The van der Waals surface area contributed by atoms with Gasteiger partial charge >= 0.3 is 5.97 Å². The third-order valence-electron chi connectivity index (χ3n) is 6.07. The summed E-state index contributed by atoms with van der Waals surface area (Å²) in [4.78, 5) is 37.3. The van der Waals surface area contributed by atoms with Crippen molar-refractivity contribution in [3.63, 3.8) is 0 Å². The molecule has 0 spiro atoms. The van der Waals surface area contributed by atoms with Crippen LogP contribution in [0.2, 0.25) is 0 Å². The minimum atomic E-state index is -1.24. The Morgan fingerprint density at radius 3 is 1.71 bits per heavy atom. The van der Waals surface area contributed by atoms with Crippen molar-refractivity contribution in [3.8, 4) is 34.5 Å². The van der Waals surface area contributed by atoms with Crippen molar-refractivity contribution < 1.29 is 44.3 Å². The first kappa shape index (κ1) is 29.2. The Bertz CT molecular complexity index is 1610. The van der Waals surface area contributed by atoms with Crippen molar-refractivity contribution in [2.75, 3.05) is 10.6 Å². The first-order chi connectivity index (χ1) is 20.0. The van der Waals surface area contributed by atoms with Crippen LogP contribution in [-0.4, -0.2) is 50.4 Å². The second-order valence-corrected chi connectivity index (χ2v) is 9.08. The lowest BCUT2D eigenvalue weighted by molar-refractivity contribution is -0.119. The van der Waals surface area contributed by atoms with Crippen LogP contribution in [-0.2, 0) is 9.53 Å². The summed E-state index contributed by atoms with van der Waals surface area (Å²) < 4.78 is 11.0. The average Bonchev–Trinajstić information content (AvgIpc) is 2.97. The zero-order chi connectivity index (χ0) is 30.4. The predicted molar refractivity (Wildman–Crippen MR) is 152 cm³/mol. The zero-order valence-corrected chi connectivity index (χ0v) is 22.1. The fourth-order valence-electron chi connectivity index (χ4n) is 3.70. The van der Waals surface area contributed by atoms with E-state index in [0.717, 1.165) is 0 Å². The molecule has 0 saturated carbocycles. The Kier molecular flexibility index (Phi) is 8.78. The Morgan fingerprint density at radius 2 is 1.17 bits per heavy atom. The van der Waals surface area contributed by atoms with E-state index in [0.29, 0.717) is 22.9 Å². The fourth-order valence-corrected chi connectivity index (χ4v) is 3.70. The number of para-hydroxylation sites is 2. The van der Waals surface area contributed by atoms with Gasteiger partial charge < -0.3 is 46.3 Å². The molecular formula is C30H27N3O9. The molecule has 2 atom stereocenters. The summed E-state index contributed by atoms with van der Waals surface area (Å²) in [6.45, 7) is 1.42. The summed E-state index contributed by atoms with van der Waals surface area (Å²) in [5.74, 6) is -3.30. The highest BCUT2D eigenvalue weighted by atomic mass is 16.5. The quantitative estimate of drug-likeness (QED) is 0.113. The largest absolute Gasteiger partial charge is 0.504 e. The highest BCUT2D eigenvalue weighted by Crippen LogP contribution is 2.30. The topological polar surface area (TPSA) is 201 Å². The number of carbonyl (C=O) groups is 3. The second-order valence-electron chi connectivity index (χ2n) is 9.08. The van der Waals surface area contributed by atoms with Gasteiger partial charge in [0.2, 0.25) is 5.91 Å². The van der Waals surface area contributed by atoms with Crippen molar-refractivity contribution >= 4 is 29.2 Å². The van der Waals surface area contributed by atoms with E-state index in [-0.39, 0.29) is 11.1 Å². The molecule has 0 aromatic heterocycles. The lowest BCUT2D eigenvalue weighted by atomic mass is 10.1. The van der Waals surface area contributed by atoms with Gasteiger partial charge in [-0.1, -0.05) is 12.1 Å². The maximum atomic E-state index is 12.6. The maximum absolute atomic E-state index is 12.6. The molecule has 42 heavy (non-hydrogen) atoms. The van der Waals surface area contributed by atoms with Crippen LogP contribution in [0.5, 0.6) is 34.5 Å². The van der Waals surface area contributed by atoms with Crippen molar-refractivity contribution in [3.05, 3.63) is 96.1 Å². The fraction of sp³-hybridized carbons (Fsp3) is 0.100. The van der Waals surface area contributed by atoms with Crippen molar-refractivity contribution in [2.24, 2.45) is 5.73 Å². The predicted octanol–water partition coefficient (Wildman–Crippen LogP) is 4.06. The minimum Gasteiger partial charge on any atom is -0.504 e. The van der Waals surface area contributed by atoms with Crippen LogP contribution in [0.1, 0.15) is 27.6 Å². The number of rotatable bonds is 9. The van der Waals surface area contributed by atoms with Gasteiger partial charge in [0.05, 0.1) is 5.56 Å². The van der Waals surface area contributed by atoms with Crippen LogP contribution in [0.15, 0.2) is 84.9 Å². The van der Waals surface area contributed by atoms with Gasteiger partial charge in [-0.2, -0.15) is 0 Å². The summed E-state index contributed by atoms with van der Waals surface area (Å²) >= 11 is 0. The van der Waals surface area contributed by atoms with Crippen LogP contribution in [0.4, 0.5) is 11.4 Å². The van der Waals surface area contributed by atoms with Gasteiger partial charge in [-0.15, -0.1) is 0 Å². The van der Waals surface area contributed by atoms with Gasteiger partial charge in [-0.05, 0) is 79.7 Å². The molecule has 4 rings (SSSR count). The van der Waals surface area contributed by atoms with E-state index in [2.05, 4.69) is 10.6 Å². The number of ether oxygens (including phenoxy) is 2. The number of nitrogens with one attached hydrogen (secondary N) is 2. The molecule has 0 bridgehead atoms. The molecule has 2 unspecified atom stereocenters. The molecule has 0 aliphatic heterocycles. The number of aromatic hydroxyl groups is 4. The first-order valence-corrected chi connectivity index (χ1v) is 12.5. The molecule has 0 aliphatic carbocycles. The summed E-state index contributed by atoms with van der Waals surface area (Å²) in [6, 6.07) is 19.5. The van der Waals surface area contributed by atoms with E-state index in [1.165, 1.54) is 43.3 Å². The van der Waals surface area contributed by atoms with Crippen LogP contribution < -0.4 is 21.1 Å². The Morgan fingerprint density at radius 1 is 0.690 bits per heavy atom. The van der Waals surface area contributed by atoms with Gasteiger partial charge in [-0.3, -0.25) is 9.59 Å². The maximum Gasteiger partial charge on any atom is 0.342 e. The van der Waals surface area contributed by atoms with Crippen LogP contribution in [0.25, 0.3) is 0 Å². The SMILES string of the molecule is CC(OC(=O)c1cccc(O)c1O)C(N)C(=O)Nc1ccc(Oc2ccc(NC(=O)c3cccc(O)c3O)cc2)cc1. The average molecular weight is 574 g/mol. The van der Waals surface area contributed by atoms with E-state index >= 15 is 0 Å². The number of benzene rings is 4. The molecule has 0 heterocycles. The molecular weight excluding hydrogens is 546 g/mol. The number of phenols is 4. The van der Waals surface area contributed by atoms with Crippen LogP contribution >= 0.6 is 0 Å². The van der Waals surface area contributed by atoms with Crippen LogP contribution in [0.3, 0.4) is 0 Å². The molecule has 0 aliphatic rings. The van der Waals surface area contributed by atoms with Crippen molar-refractivity contribution in [1.29, 1.82) is 0 Å². The third kappa shape index (κ3) is 6.87. The van der Waals surface area contributed by atoms with Gasteiger partial charge in [0.15, 0.2) is 23.0 Å².